The fourth-order valence-electron chi connectivity index (χ4n) is 1.73. The van der Waals surface area contributed by atoms with E-state index in [0.29, 0.717) is 6.04 Å². The smallest absolute Gasteiger partial charge is 0.104 e. The summed E-state index contributed by atoms with van der Waals surface area (Å²) >= 11 is 2.02. The molecule has 0 radical (unpaired) electrons. The Morgan fingerprint density at radius 2 is 2.00 bits per heavy atom. The number of thioether (sulfide) groups is 1. The second kappa shape index (κ2) is 8.90. The Morgan fingerprint density at radius 3 is 2.50 bits per heavy atom. The maximum atomic E-state index is 9.16. The van der Waals surface area contributed by atoms with E-state index in [9.17, 15) is 0 Å². The highest BCUT2D eigenvalue weighted by Gasteiger charge is 2.23. The Bertz CT molecular complexity index is 210. The molecule has 0 aliphatic rings. The minimum absolute atomic E-state index is 0.344. The molecule has 3 heteroatoms. The molecular weight excluding hydrogens is 216 g/mol. The molecule has 0 bridgehead atoms. The van der Waals surface area contributed by atoms with Crippen molar-refractivity contribution in [2.45, 2.75) is 65.0 Å². The average molecular weight is 242 g/mol. The minimum atomic E-state index is -0.344. The van der Waals surface area contributed by atoms with E-state index in [-0.39, 0.29) is 5.54 Å². The van der Waals surface area contributed by atoms with Gasteiger partial charge in [-0.1, -0.05) is 6.92 Å². The first-order chi connectivity index (χ1) is 7.54. The molecule has 16 heavy (non-hydrogen) atoms. The van der Waals surface area contributed by atoms with Gasteiger partial charge < -0.3 is 0 Å². The second-order valence-corrected chi connectivity index (χ2v) is 6.04. The number of nitrogens with one attached hydrogen (secondary N) is 1. The first-order valence-corrected chi connectivity index (χ1v) is 7.46. The van der Waals surface area contributed by atoms with Crippen LogP contribution in [0.1, 0.15) is 53.4 Å². The van der Waals surface area contributed by atoms with Gasteiger partial charge >= 0.3 is 0 Å². The second-order valence-electron chi connectivity index (χ2n) is 4.81. The molecule has 94 valence electrons. The van der Waals surface area contributed by atoms with Gasteiger partial charge in [0.2, 0.25) is 0 Å². The van der Waals surface area contributed by atoms with E-state index in [1.54, 1.807) is 0 Å². The van der Waals surface area contributed by atoms with E-state index in [4.69, 9.17) is 5.26 Å². The van der Waals surface area contributed by atoms with Crippen molar-refractivity contribution in [3.63, 3.8) is 0 Å². The van der Waals surface area contributed by atoms with Crippen LogP contribution in [0.4, 0.5) is 0 Å². The fourth-order valence-corrected chi connectivity index (χ4v) is 2.63. The van der Waals surface area contributed by atoms with E-state index in [2.05, 4.69) is 32.2 Å². The van der Waals surface area contributed by atoms with E-state index in [0.717, 1.165) is 12.8 Å². The summed E-state index contributed by atoms with van der Waals surface area (Å²) in [6.45, 7) is 8.40. The molecule has 0 aliphatic carbocycles. The van der Waals surface area contributed by atoms with Gasteiger partial charge in [-0.15, -0.1) is 0 Å². The van der Waals surface area contributed by atoms with Crippen LogP contribution in [0, 0.1) is 11.3 Å². The molecule has 0 spiro atoms. The van der Waals surface area contributed by atoms with Crippen LogP contribution in [0.5, 0.6) is 0 Å². The Balaban J connectivity index is 3.67. The van der Waals surface area contributed by atoms with Crippen molar-refractivity contribution in [3.05, 3.63) is 0 Å². The van der Waals surface area contributed by atoms with Crippen molar-refractivity contribution in [3.8, 4) is 6.07 Å². The number of nitrogens with zero attached hydrogens (tertiary/aromatic N) is 1. The van der Waals surface area contributed by atoms with Crippen molar-refractivity contribution in [2.75, 3.05) is 11.5 Å². The standard InChI is InChI=1S/C13H26N2S/c1-5-9-16-10-7-6-8-13(4,11-14)15-12(2)3/h12,15H,5-10H2,1-4H3. The van der Waals surface area contributed by atoms with Gasteiger partial charge in [-0.25, -0.2) is 0 Å². The van der Waals surface area contributed by atoms with Crippen molar-refractivity contribution in [1.82, 2.24) is 5.32 Å². The molecule has 0 amide bonds. The van der Waals surface area contributed by atoms with Crippen molar-refractivity contribution >= 4 is 11.8 Å². The minimum Gasteiger partial charge on any atom is -0.297 e. The number of unbranched alkanes of at least 4 members (excludes halogenated alkanes) is 1. The highest BCUT2D eigenvalue weighted by molar-refractivity contribution is 7.99. The highest BCUT2D eigenvalue weighted by Crippen LogP contribution is 2.15. The third-order valence-electron chi connectivity index (χ3n) is 2.42. The lowest BCUT2D eigenvalue weighted by molar-refractivity contribution is 0.372. The summed E-state index contributed by atoms with van der Waals surface area (Å²) in [5.41, 5.74) is -0.344. The molecule has 0 heterocycles. The maximum Gasteiger partial charge on any atom is 0.104 e. The summed E-state index contributed by atoms with van der Waals surface area (Å²) in [5, 5.41) is 12.5. The van der Waals surface area contributed by atoms with Crippen molar-refractivity contribution in [2.24, 2.45) is 0 Å². The number of rotatable bonds is 9. The summed E-state index contributed by atoms with van der Waals surface area (Å²) in [6.07, 6.45) is 4.58. The number of hydrogen-bond acceptors (Lipinski definition) is 3. The van der Waals surface area contributed by atoms with Gasteiger partial charge in [0, 0.05) is 6.04 Å². The van der Waals surface area contributed by atoms with Crippen LogP contribution >= 0.6 is 11.8 Å². The third kappa shape index (κ3) is 8.01. The Labute approximate surface area is 105 Å². The van der Waals surface area contributed by atoms with Gasteiger partial charge in [-0.2, -0.15) is 17.0 Å². The van der Waals surface area contributed by atoms with Crippen LogP contribution in [0.2, 0.25) is 0 Å². The van der Waals surface area contributed by atoms with Crippen LogP contribution in [0.25, 0.3) is 0 Å². The lowest BCUT2D eigenvalue weighted by Gasteiger charge is -2.25. The molecule has 0 fully saturated rings. The first-order valence-electron chi connectivity index (χ1n) is 6.30. The number of hydrogen-bond donors (Lipinski definition) is 1. The Hall–Kier alpha value is -0.200. The lowest BCUT2D eigenvalue weighted by Crippen LogP contribution is -2.44. The molecular formula is C13H26N2S. The monoisotopic (exact) mass is 242 g/mol. The molecule has 0 saturated carbocycles. The molecule has 1 unspecified atom stereocenters. The van der Waals surface area contributed by atoms with Crippen LogP contribution in [0.15, 0.2) is 0 Å². The SMILES string of the molecule is CCCSCCCCC(C)(C#N)NC(C)C. The molecule has 0 rings (SSSR count). The van der Waals surface area contributed by atoms with Crippen molar-refractivity contribution < 1.29 is 0 Å². The van der Waals surface area contributed by atoms with E-state index in [1.165, 1.54) is 24.3 Å². The summed E-state index contributed by atoms with van der Waals surface area (Å²) < 4.78 is 0. The zero-order chi connectivity index (χ0) is 12.4. The van der Waals surface area contributed by atoms with Crippen molar-refractivity contribution in [1.29, 1.82) is 5.26 Å². The molecule has 0 aromatic heterocycles. The molecule has 0 aromatic rings. The summed E-state index contributed by atoms with van der Waals surface area (Å²) in [4.78, 5) is 0. The largest absolute Gasteiger partial charge is 0.297 e. The Morgan fingerprint density at radius 1 is 1.31 bits per heavy atom. The zero-order valence-electron chi connectivity index (χ0n) is 11.2. The van der Waals surface area contributed by atoms with E-state index >= 15 is 0 Å². The van der Waals surface area contributed by atoms with E-state index in [1.807, 2.05) is 18.7 Å². The van der Waals surface area contributed by atoms with Crippen LogP contribution < -0.4 is 5.32 Å². The van der Waals surface area contributed by atoms with Crippen LogP contribution in [0.3, 0.4) is 0 Å². The topological polar surface area (TPSA) is 35.8 Å². The van der Waals surface area contributed by atoms with Crippen LogP contribution in [-0.2, 0) is 0 Å². The summed E-state index contributed by atoms with van der Waals surface area (Å²) in [6, 6.07) is 2.77. The first kappa shape index (κ1) is 15.8. The average Bonchev–Trinajstić information content (AvgIpc) is 2.22. The lowest BCUT2D eigenvalue weighted by atomic mass is 9.96. The predicted molar refractivity (Wildman–Crippen MR) is 73.8 cm³/mol. The summed E-state index contributed by atoms with van der Waals surface area (Å²) in [5.74, 6) is 2.50. The summed E-state index contributed by atoms with van der Waals surface area (Å²) in [7, 11) is 0. The quantitative estimate of drug-likeness (QED) is 0.628. The zero-order valence-corrected chi connectivity index (χ0v) is 12.0. The normalized spacial score (nSPS) is 14.8. The van der Waals surface area contributed by atoms with Gasteiger partial charge in [-0.05, 0) is 58.0 Å². The van der Waals surface area contributed by atoms with Crippen LogP contribution in [-0.4, -0.2) is 23.1 Å². The maximum absolute atomic E-state index is 9.16. The fraction of sp³-hybridized carbons (Fsp3) is 0.923. The van der Waals surface area contributed by atoms with Gasteiger partial charge in [0.15, 0.2) is 0 Å². The number of nitriles is 1. The molecule has 1 N–H and O–H groups in total. The van der Waals surface area contributed by atoms with Gasteiger partial charge in [0.05, 0.1) is 6.07 Å². The molecule has 2 nitrogen and oxygen atoms in total. The third-order valence-corrected chi connectivity index (χ3v) is 3.69. The molecule has 0 aliphatic heterocycles. The van der Waals surface area contributed by atoms with E-state index < -0.39 is 0 Å². The predicted octanol–water partition coefficient (Wildman–Crippen LogP) is 3.58. The Kier molecular flexibility index (Phi) is 8.78. The van der Waals surface area contributed by atoms with Gasteiger partial charge in [0.1, 0.15) is 5.54 Å². The molecule has 1 atom stereocenters. The highest BCUT2D eigenvalue weighted by atomic mass is 32.2. The van der Waals surface area contributed by atoms with Gasteiger partial charge in [-0.3, -0.25) is 5.32 Å². The molecule has 0 saturated heterocycles. The van der Waals surface area contributed by atoms with Gasteiger partial charge in [0.25, 0.3) is 0 Å². The molecule has 0 aromatic carbocycles.